The zero-order valence-electron chi connectivity index (χ0n) is 1.93. The van der Waals surface area contributed by atoms with Crippen LogP contribution < -0.4 is 0 Å². The Bertz CT molecular complexity index is 8.00. The molecule has 0 heterocycles. The summed E-state index contributed by atoms with van der Waals surface area (Å²) < 4.78 is 0. The molecule has 0 aromatic heterocycles. The molecule has 0 bridgehead atoms. The Morgan fingerprint density at radius 3 is 1.25 bits per heavy atom. The third-order valence-electron chi connectivity index (χ3n) is 0. The van der Waals surface area contributed by atoms with E-state index < -0.39 is 0 Å². The predicted octanol–water partition coefficient (Wildman–Crippen LogP) is -0.494. The molecule has 0 aliphatic carbocycles. The quantitative estimate of drug-likeness (QED) is 0.522. The molecule has 0 saturated heterocycles. The Morgan fingerprint density at radius 2 is 1.25 bits per heavy atom. The Balaban J connectivity index is -0.00000000500. The first-order chi connectivity index (χ1) is 1.00. The van der Waals surface area contributed by atoms with Crippen LogP contribution in [0, 0.1) is 0 Å². The average Bonchev–Trinajstić information content (AvgIpc) is 1.00. The van der Waals surface area contributed by atoms with Crippen molar-refractivity contribution in [3.63, 3.8) is 0 Å². The summed E-state index contributed by atoms with van der Waals surface area (Å²) in [5, 5.41) is 0. The fourth-order valence-corrected chi connectivity index (χ4v) is 0. The maximum absolute atomic E-state index is 4.08. The van der Waals surface area contributed by atoms with E-state index in [1.54, 1.807) is 14.9 Å². The van der Waals surface area contributed by atoms with Gasteiger partial charge in [-0.15, -0.1) is 0 Å². The molecule has 0 N–H and O–H groups in total. The van der Waals surface area contributed by atoms with Gasteiger partial charge in [-0.1, -0.05) is 0 Å². The summed E-state index contributed by atoms with van der Waals surface area (Å²) in [6.07, 6.45) is 0. The van der Waals surface area contributed by atoms with E-state index in [-0.39, 0.29) is 37.7 Å². The number of rotatable bonds is 0. The van der Waals surface area contributed by atoms with E-state index in [0.29, 0.717) is 0 Å². The molecule has 0 unspecified atom stereocenters. The van der Waals surface area contributed by atoms with Gasteiger partial charge in [-0.3, -0.25) is 0 Å². The zero-order chi connectivity index (χ0) is 2.00. The Labute approximate surface area is 62.5 Å². The van der Waals surface area contributed by atoms with Crippen LogP contribution >= 0.6 is 10.5 Å². The standard InChI is InChI=1S/As.Ga.GeS/c;;1-2. The van der Waals surface area contributed by atoms with Crippen molar-refractivity contribution in [2.75, 3.05) is 0 Å². The monoisotopic (exact) mass is 250 g/mol. The van der Waals surface area contributed by atoms with Crippen molar-refractivity contribution in [2.24, 2.45) is 0 Å². The molecule has 18 valence electrons. The summed E-state index contributed by atoms with van der Waals surface area (Å²) in [5.74, 6) is 0. The topological polar surface area (TPSA) is 0 Å². The minimum atomic E-state index is 0. The first-order valence-electron chi connectivity index (χ1n) is 0.204. The van der Waals surface area contributed by atoms with E-state index in [2.05, 4.69) is 10.5 Å². The van der Waals surface area contributed by atoms with Gasteiger partial charge in [0, 0.05) is 37.7 Å². The summed E-state index contributed by atoms with van der Waals surface area (Å²) in [7, 11) is 4.08. The maximum atomic E-state index is 4.08. The summed E-state index contributed by atoms with van der Waals surface area (Å²) >= 11 is 1.58. The second kappa shape index (κ2) is 20.3. The van der Waals surface area contributed by atoms with Gasteiger partial charge in [-0.2, -0.15) is 0 Å². The molecular weight excluding hydrogens is 249 g/mol. The van der Waals surface area contributed by atoms with Crippen LogP contribution in [0.2, 0.25) is 0 Å². The number of hydrogen-bond donors (Lipinski definition) is 0. The van der Waals surface area contributed by atoms with Crippen LogP contribution in [0.3, 0.4) is 0 Å². The van der Waals surface area contributed by atoms with E-state index in [9.17, 15) is 0 Å². The second-order valence-electron chi connectivity index (χ2n) is 0. The van der Waals surface area contributed by atoms with Crippen LogP contribution in [-0.2, 0) is 0 Å². The molecule has 4 heavy (non-hydrogen) atoms. The second-order valence-corrected chi connectivity index (χ2v) is 0. The summed E-state index contributed by atoms with van der Waals surface area (Å²) in [5.41, 5.74) is 0. The molecule has 0 aliphatic rings. The van der Waals surface area contributed by atoms with Crippen LogP contribution in [0.4, 0.5) is 0 Å². The molecule has 0 atom stereocenters. The SMILES string of the molecule is [As].[Ga].[S]=[Ge]. The van der Waals surface area contributed by atoms with Crippen molar-refractivity contribution in [1.82, 2.24) is 0 Å². The van der Waals surface area contributed by atoms with Gasteiger partial charge in [0.15, 0.2) is 0 Å². The normalized spacial score (nSPS) is 1.00. The van der Waals surface area contributed by atoms with Gasteiger partial charge in [0.05, 0.1) is 0 Å². The Hall–Kier alpha value is 1.96. The molecule has 0 aromatic carbocycles. The van der Waals surface area contributed by atoms with Crippen LogP contribution in [0.15, 0.2) is 0 Å². The van der Waals surface area contributed by atoms with E-state index in [1.807, 2.05) is 0 Å². The van der Waals surface area contributed by atoms with Gasteiger partial charge >= 0.3 is 25.3 Å². The molecule has 4 heteroatoms. The fraction of sp³-hybridized carbons (Fsp3) is 0. The van der Waals surface area contributed by atoms with Crippen LogP contribution in [-0.4, -0.2) is 52.6 Å². The first kappa shape index (κ1) is 16.7. The molecular formula is AsGaGeS. The van der Waals surface area contributed by atoms with Gasteiger partial charge in [-0.25, -0.2) is 0 Å². The molecule has 0 nitrogen and oxygen atoms in total. The first-order valence-corrected chi connectivity index (χ1v) is 3.18. The molecule has 0 aromatic rings. The third kappa shape index (κ3) is 9.03. The van der Waals surface area contributed by atoms with E-state index >= 15 is 0 Å². The molecule has 8 radical (unpaired) electrons. The molecule has 0 rings (SSSR count). The molecule has 0 amide bonds. The van der Waals surface area contributed by atoms with Crippen molar-refractivity contribution >= 4 is 63.1 Å². The van der Waals surface area contributed by atoms with E-state index in [4.69, 9.17) is 0 Å². The van der Waals surface area contributed by atoms with Crippen molar-refractivity contribution in [3.05, 3.63) is 0 Å². The van der Waals surface area contributed by atoms with Crippen molar-refractivity contribution in [2.45, 2.75) is 0 Å². The van der Waals surface area contributed by atoms with Gasteiger partial charge in [0.2, 0.25) is 0 Å². The van der Waals surface area contributed by atoms with Crippen LogP contribution in [0.25, 0.3) is 0 Å². The van der Waals surface area contributed by atoms with Gasteiger partial charge in [0.1, 0.15) is 0 Å². The Kier molecular flexibility index (Phi) is 84.8. The predicted molar refractivity (Wildman–Crippen MR) is 24.9 cm³/mol. The van der Waals surface area contributed by atoms with Gasteiger partial charge in [-0.05, 0) is 0 Å². The number of hydrogen-bond acceptors (Lipinski definition) is 1. The zero-order valence-corrected chi connectivity index (χ0v) is 9.15. The van der Waals surface area contributed by atoms with Crippen molar-refractivity contribution in [1.29, 1.82) is 0 Å². The molecule has 0 fully saturated rings. The molecule has 0 spiro atoms. The minimum absolute atomic E-state index is 0. The van der Waals surface area contributed by atoms with E-state index in [0.717, 1.165) is 0 Å². The molecule has 0 aliphatic heterocycles. The fourth-order valence-electron chi connectivity index (χ4n) is 0. The Morgan fingerprint density at radius 1 is 1.25 bits per heavy atom. The summed E-state index contributed by atoms with van der Waals surface area (Å²) in [4.78, 5) is 0. The van der Waals surface area contributed by atoms with Crippen molar-refractivity contribution in [3.8, 4) is 0 Å². The summed E-state index contributed by atoms with van der Waals surface area (Å²) in [6, 6.07) is 0. The third-order valence-corrected chi connectivity index (χ3v) is 0. The van der Waals surface area contributed by atoms with Gasteiger partial charge in [0.25, 0.3) is 0 Å². The van der Waals surface area contributed by atoms with Crippen LogP contribution in [0.1, 0.15) is 0 Å². The average molecular weight is 249 g/mol. The van der Waals surface area contributed by atoms with Crippen molar-refractivity contribution < 1.29 is 0 Å². The van der Waals surface area contributed by atoms with Gasteiger partial charge < -0.3 is 0 Å². The molecule has 0 saturated carbocycles. The van der Waals surface area contributed by atoms with Crippen LogP contribution in [0.5, 0.6) is 0 Å². The summed E-state index contributed by atoms with van der Waals surface area (Å²) in [6.45, 7) is 0. The van der Waals surface area contributed by atoms with E-state index in [1.165, 1.54) is 0 Å².